The first-order valence-corrected chi connectivity index (χ1v) is 29.6. The molecule has 0 saturated heterocycles. The molecule has 0 bridgehead atoms. The zero-order chi connectivity index (χ0) is 54.7. The molecular formula is C66H82N2O8S. The summed E-state index contributed by atoms with van der Waals surface area (Å²) in [6.07, 6.45) is 27.6. The number of hydrogen-bond donors (Lipinski definition) is 0. The maximum absolute atomic E-state index is 13.5. The fourth-order valence-corrected chi connectivity index (χ4v) is 9.73. The van der Waals surface area contributed by atoms with Crippen molar-refractivity contribution in [2.75, 3.05) is 26.4 Å². The largest absolute Gasteiger partial charge is 0.490 e. The highest BCUT2D eigenvalue weighted by molar-refractivity contribution is 7.16. The molecule has 0 N–H and O–H groups in total. The predicted octanol–water partition coefficient (Wildman–Crippen LogP) is 18.0. The molecule has 5 rings (SSSR count). The van der Waals surface area contributed by atoms with Crippen molar-refractivity contribution in [2.45, 2.75) is 182 Å². The first-order chi connectivity index (χ1) is 37.8. The highest BCUT2D eigenvalue weighted by Gasteiger charge is 2.20. The van der Waals surface area contributed by atoms with Crippen molar-refractivity contribution in [3.05, 3.63) is 118 Å². The molecule has 0 fully saturated rings. The molecule has 5 aromatic rings. The summed E-state index contributed by atoms with van der Waals surface area (Å²) in [7, 11) is 0. The summed E-state index contributed by atoms with van der Waals surface area (Å²) in [5, 5.41) is 20.4. The van der Waals surface area contributed by atoms with Crippen LogP contribution in [-0.4, -0.2) is 38.4 Å². The van der Waals surface area contributed by atoms with E-state index in [4.69, 9.17) is 28.4 Å². The number of ether oxygens (including phenoxy) is 6. The highest BCUT2D eigenvalue weighted by atomic mass is 32.1. The lowest BCUT2D eigenvalue weighted by Gasteiger charge is -2.14. The third-order valence-electron chi connectivity index (χ3n) is 13.2. The summed E-state index contributed by atoms with van der Waals surface area (Å²) in [6, 6.07) is 28.4. The van der Waals surface area contributed by atoms with Crippen LogP contribution in [0, 0.1) is 34.5 Å². The molecule has 0 saturated carbocycles. The molecule has 10 nitrogen and oxygen atoms in total. The molecule has 0 amide bonds. The number of unbranched alkanes of at least 4 members (excludes halogenated alkanes) is 20. The van der Waals surface area contributed by atoms with Crippen LogP contribution in [0.25, 0.3) is 10.4 Å². The molecule has 11 heteroatoms. The van der Waals surface area contributed by atoms with Gasteiger partial charge in [0, 0.05) is 5.56 Å². The molecule has 0 spiro atoms. The molecule has 1 aromatic heterocycles. The van der Waals surface area contributed by atoms with Gasteiger partial charge in [-0.3, -0.25) is 0 Å². The lowest BCUT2D eigenvalue weighted by molar-refractivity contribution is 0.0724. The van der Waals surface area contributed by atoms with Gasteiger partial charge < -0.3 is 28.4 Å². The van der Waals surface area contributed by atoms with E-state index < -0.39 is 11.9 Å². The third-order valence-corrected chi connectivity index (χ3v) is 14.4. The van der Waals surface area contributed by atoms with Crippen molar-refractivity contribution in [3.8, 4) is 68.9 Å². The van der Waals surface area contributed by atoms with Gasteiger partial charge >= 0.3 is 11.9 Å². The van der Waals surface area contributed by atoms with Gasteiger partial charge in [0.1, 0.15) is 23.6 Å². The van der Waals surface area contributed by atoms with Gasteiger partial charge in [-0.05, 0) is 122 Å². The smallest absolute Gasteiger partial charge is 0.343 e. The maximum atomic E-state index is 13.5. The highest BCUT2D eigenvalue weighted by Crippen LogP contribution is 2.37. The Kier molecular flexibility index (Phi) is 28.8. The van der Waals surface area contributed by atoms with Gasteiger partial charge in [-0.15, -0.1) is 11.3 Å². The average Bonchev–Trinajstić information content (AvgIpc) is 3.82. The second-order valence-electron chi connectivity index (χ2n) is 19.6. The van der Waals surface area contributed by atoms with Gasteiger partial charge in [-0.2, -0.15) is 10.5 Å². The number of esters is 2. The van der Waals surface area contributed by atoms with E-state index in [1.807, 2.05) is 0 Å². The molecular weight excluding hydrogens is 981 g/mol. The van der Waals surface area contributed by atoms with E-state index in [2.05, 4.69) is 51.7 Å². The lowest BCUT2D eigenvalue weighted by atomic mass is 10.1. The third kappa shape index (κ3) is 21.7. The molecule has 0 aliphatic heterocycles. The van der Waals surface area contributed by atoms with E-state index >= 15 is 0 Å². The molecule has 77 heavy (non-hydrogen) atoms. The number of carbonyl (C=O) groups is 2. The Labute approximate surface area is 464 Å². The number of benzene rings is 4. The van der Waals surface area contributed by atoms with Gasteiger partial charge in [0.25, 0.3) is 0 Å². The van der Waals surface area contributed by atoms with Crippen molar-refractivity contribution < 1.29 is 38.0 Å². The number of carbonyl (C=O) groups excluding carboxylic acids is 2. The fraction of sp³-hybridized carbons (Fsp3) is 0.485. The zero-order valence-electron chi connectivity index (χ0n) is 46.5. The van der Waals surface area contributed by atoms with E-state index in [1.54, 1.807) is 84.9 Å². The van der Waals surface area contributed by atoms with Crippen LogP contribution < -0.4 is 28.4 Å². The maximum Gasteiger partial charge on any atom is 0.343 e. The van der Waals surface area contributed by atoms with Crippen LogP contribution >= 0.6 is 11.3 Å². The Balaban J connectivity index is 1.21. The summed E-state index contributed by atoms with van der Waals surface area (Å²) in [5.74, 6) is 8.10. The first-order valence-electron chi connectivity index (χ1n) is 28.7. The van der Waals surface area contributed by atoms with Crippen LogP contribution in [0.4, 0.5) is 0 Å². The predicted molar refractivity (Wildman–Crippen MR) is 310 cm³/mol. The van der Waals surface area contributed by atoms with Crippen LogP contribution in [0.2, 0.25) is 0 Å². The average molecular weight is 1060 g/mol. The molecule has 0 aliphatic carbocycles. The van der Waals surface area contributed by atoms with E-state index in [0.717, 1.165) is 51.4 Å². The van der Waals surface area contributed by atoms with E-state index in [0.29, 0.717) is 92.9 Å². The fourth-order valence-electron chi connectivity index (χ4n) is 8.67. The van der Waals surface area contributed by atoms with Crippen LogP contribution in [-0.2, 0) is 0 Å². The molecule has 1 heterocycles. The molecule has 0 radical (unpaired) electrons. The normalized spacial score (nSPS) is 10.7. The van der Waals surface area contributed by atoms with Gasteiger partial charge in [-0.1, -0.05) is 162 Å². The Hall–Kier alpha value is -6.74. The van der Waals surface area contributed by atoms with Crippen LogP contribution in [0.3, 0.4) is 0 Å². The van der Waals surface area contributed by atoms with E-state index in [-0.39, 0.29) is 11.1 Å². The second-order valence-corrected chi connectivity index (χ2v) is 20.6. The minimum atomic E-state index is -0.540. The van der Waals surface area contributed by atoms with E-state index in [1.165, 1.54) is 114 Å². The summed E-state index contributed by atoms with van der Waals surface area (Å²) >= 11 is 1.24. The molecule has 0 atom stereocenters. The first kappa shape index (κ1) is 61.1. The lowest BCUT2D eigenvalue weighted by Crippen LogP contribution is -2.10. The summed E-state index contributed by atoms with van der Waals surface area (Å²) in [6.45, 7) is 11.1. The van der Waals surface area contributed by atoms with Crippen molar-refractivity contribution in [3.63, 3.8) is 0 Å². The minimum Gasteiger partial charge on any atom is -0.490 e. The molecule has 4 aromatic carbocycles. The van der Waals surface area contributed by atoms with Gasteiger partial charge in [0.05, 0.1) is 58.4 Å². The Morgan fingerprint density at radius 1 is 0.416 bits per heavy atom. The molecule has 0 aliphatic rings. The van der Waals surface area contributed by atoms with Crippen molar-refractivity contribution >= 4 is 23.3 Å². The van der Waals surface area contributed by atoms with Crippen molar-refractivity contribution in [1.29, 1.82) is 10.5 Å². The monoisotopic (exact) mass is 1060 g/mol. The van der Waals surface area contributed by atoms with Crippen LogP contribution in [0.15, 0.2) is 84.9 Å². The Bertz CT molecular complexity index is 2690. The standard InChI is InChI=1S/C66H82N2O8S/c1-5-9-13-17-21-25-43-71-59-40-34-53(47-61(59)73-45-27-23-19-15-11-7-3)65(69)75-55-36-29-51(30-37-55)31-42-63-57(49-67)58(50-68)64(77-63)52-32-38-56(39-33-52)76-66(70)54-35-41-60(72-44-26-22-18-14-10-6-2)62(48-54)74-46-28-24-20-16-12-8-4/h29-30,32-41,47-48H,5-28,43-46H2,1-4H3. The zero-order valence-corrected chi connectivity index (χ0v) is 47.3. The van der Waals surface area contributed by atoms with Gasteiger partial charge in [-0.25, -0.2) is 9.59 Å². The van der Waals surface area contributed by atoms with Crippen molar-refractivity contribution in [2.24, 2.45) is 0 Å². The number of hydrogen-bond acceptors (Lipinski definition) is 11. The van der Waals surface area contributed by atoms with Crippen molar-refractivity contribution in [1.82, 2.24) is 0 Å². The topological polar surface area (TPSA) is 137 Å². The Morgan fingerprint density at radius 2 is 0.779 bits per heavy atom. The SMILES string of the molecule is CCCCCCCCOc1ccc(C(=O)Oc2ccc(C#Cc3sc(-c4ccc(OC(=O)c5ccc(OCCCCCCCC)c(OCCCCCCCC)c5)cc4)c(C#N)c3C#N)cc2)cc1OCCCCCCCC. The summed E-state index contributed by atoms with van der Waals surface area (Å²) < 4.78 is 36.3. The second kappa shape index (κ2) is 36.3. The van der Waals surface area contributed by atoms with E-state index in [9.17, 15) is 20.1 Å². The molecule has 0 unspecified atom stereocenters. The minimum absolute atomic E-state index is 0.184. The molecule has 410 valence electrons. The quantitative estimate of drug-likeness (QED) is 0.0164. The number of thiophene rings is 1. The van der Waals surface area contributed by atoms with Gasteiger partial charge in [0.15, 0.2) is 23.0 Å². The number of rotatable bonds is 37. The number of nitriles is 2. The van der Waals surface area contributed by atoms with Crippen LogP contribution in [0.5, 0.6) is 34.5 Å². The van der Waals surface area contributed by atoms with Crippen LogP contribution in [0.1, 0.15) is 224 Å². The Morgan fingerprint density at radius 3 is 1.17 bits per heavy atom. The summed E-state index contributed by atoms with van der Waals surface area (Å²) in [5.41, 5.74) is 2.39. The number of nitrogens with zero attached hydrogens (tertiary/aromatic N) is 2. The van der Waals surface area contributed by atoms with Gasteiger partial charge in [0.2, 0.25) is 0 Å². The summed E-state index contributed by atoms with van der Waals surface area (Å²) in [4.78, 5) is 27.9.